The predicted molar refractivity (Wildman–Crippen MR) is 117 cm³/mol. The van der Waals surface area contributed by atoms with Gasteiger partial charge >= 0.3 is 5.97 Å². The number of thiophene rings is 1. The Bertz CT molecular complexity index is 924. The molecule has 30 heavy (non-hydrogen) atoms. The van der Waals surface area contributed by atoms with Crippen LogP contribution in [0.1, 0.15) is 39.2 Å². The number of esters is 1. The fourth-order valence-corrected chi connectivity index (χ4v) is 5.02. The second kappa shape index (κ2) is 9.95. The average molecular weight is 433 g/mol. The first kappa shape index (κ1) is 22.1. The number of anilines is 1. The Morgan fingerprint density at radius 1 is 1.10 bits per heavy atom. The molecule has 0 radical (unpaired) electrons. The van der Waals surface area contributed by atoms with Gasteiger partial charge in [0.15, 0.2) is 11.5 Å². The van der Waals surface area contributed by atoms with Gasteiger partial charge in [0.1, 0.15) is 5.00 Å². The van der Waals surface area contributed by atoms with Crippen molar-refractivity contribution in [1.29, 1.82) is 0 Å². The molecule has 0 atom stereocenters. The Hall–Kier alpha value is -2.58. The van der Waals surface area contributed by atoms with E-state index < -0.39 is 0 Å². The van der Waals surface area contributed by atoms with Crippen molar-refractivity contribution >= 4 is 28.2 Å². The predicted octanol–water partition coefficient (Wildman–Crippen LogP) is 3.50. The summed E-state index contributed by atoms with van der Waals surface area (Å²) in [5, 5.41) is 3.53. The van der Waals surface area contributed by atoms with Crippen LogP contribution in [0.2, 0.25) is 0 Å². The van der Waals surface area contributed by atoms with E-state index in [-0.39, 0.29) is 18.4 Å². The number of carbonyl (C=O) groups is 2. The number of benzene rings is 1. The molecule has 1 aliphatic rings. The maximum Gasteiger partial charge on any atom is 0.341 e. The standard InChI is InChI=1S/C22H28N2O5S/c1-24(12-14-9-10-16(27-2)17(11-14)28-3)13-19(25)23-21-20(22(26)29-4)15-7-5-6-8-18(15)30-21/h9-11H,5-8,12-13H2,1-4H3,(H,23,25). The summed E-state index contributed by atoms with van der Waals surface area (Å²) < 4.78 is 15.6. The van der Waals surface area contributed by atoms with Gasteiger partial charge in [-0.15, -0.1) is 11.3 Å². The molecule has 0 unspecified atom stereocenters. The highest BCUT2D eigenvalue weighted by atomic mass is 32.1. The summed E-state index contributed by atoms with van der Waals surface area (Å²) in [5.74, 6) is 0.767. The van der Waals surface area contributed by atoms with Crippen LogP contribution < -0.4 is 14.8 Å². The monoisotopic (exact) mass is 432 g/mol. The van der Waals surface area contributed by atoms with Crippen molar-refractivity contribution in [1.82, 2.24) is 4.90 Å². The van der Waals surface area contributed by atoms with Gasteiger partial charge < -0.3 is 19.5 Å². The maximum atomic E-state index is 12.7. The minimum atomic E-state index is -0.386. The lowest BCUT2D eigenvalue weighted by Gasteiger charge is -2.17. The summed E-state index contributed by atoms with van der Waals surface area (Å²) >= 11 is 1.49. The van der Waals surface area contributed by atoms with E-state index in [1.165, 1.54) is 23.3 Å². The Morgan fingerprint density at radius 2 is 1.83 bits per heavy atom. The molecule has 1 aromatic heterocycles. The summed E-state index contributed by atoms with van der Waals surface area (Å²) in [6, 6.07) is 5.69. The van der Waals surface area contributed by atoms with E-state index in [9.17, 15) is 9.59 Å². The lowest BCUT2D eigenvalue weighted by atomic mass is 9.95. The first-order chi connectivity index (χ1) is 14.5. The SMILES string of the molecule is COC(=O)c1c(NC(=O)CN(C)Cc2ccc(OC)c(OC)c2)sc2c1CCCC2. The summed E-state index contributed by atoms with van der Waals surface area (Å²) in [7, 11) is 6.44. The Morgan fingerprint density at radius 3 is 2.53 bits per heavy atom. The number of fused-ring (bicyclic) bond motifs is 1. The van der Waals surface area contributed by atoms with Gasteiger partial charge in [0.05, 0.1) is 33.4 Å². The van der Waals surface area contributed by atoms with Crippen molar-refractivity contribution in [2.24, 2.45) is 0 Å². The molecular weight excluding hydrogens is 404 g/mol. The van der Waals surface area contributed by atoms with Crippen molar-refractivity contribution in [2.75, 3.05) is 40.2 Å². The van der Waals surface area contributed by atoms with Gasteiger partial charge in [0, 0.05) is 11.4 Å². The molecule has 0 saturated heterocycles. The van der Waals surface area contributed by atoms with Crippen molar-refractivity contribution in [3.63, 3.8) is 0 Å². The third-order valence-corrected chi connectivity index (χ3v) is 6.33. The maximum absolute atomic E-state index is 12.7. The van der Waals surface area contributed by atoms with E-state index in [2.05, 4.69) is 5.32 Å². The zero-order chi connectivity index (χ0) is 21.7. The highest BCUT2D eigenvalue weighted by Crippen LogP contribution is 2.38. The van der Waals surface area contributed by atoms with Crippen LogP contribution in [-0.2, 0) is 28.9 Å². The number of methoxy groups -OCH3 is 3. The minimum absolute atomic E-state index is 0.165. The van der Waals surface area contributed by atoms with Gasteiger partial charge in [-0.1, -0.05) is 6.07 Å². The number of rotatable bonds is 8. The third kappa shape index (κ3) is 4.94. The number of nitrogens with one attached hydrogen (secondary N) is 1. The molecule has 7 nitrogen and oxygen atoms in total. The molecule has 0 bridgehead atoms. The second-order valence-electron chi connectivity index (χ2n) is 7.32. The number of amides is 1. The molecule has 162 valence electrons. The van der Waals surface area contributed by atoms with Gasteiger partial charge in [-0.3, -0.25) is 9.69 Å². The Labute approximate surface area is 180 Å². The van der Waals surface area contributed by atoms with Gasteiger partial charge in [0.25, 0.3) is 0 Å². The number of ether oxygens (including phenoxy) is 3. The minimum Gasteiger partial charge on any atom is -0.493 e. The number of hydrogen-bond donors (Lipinski definition) is 1. The van der Waals surface area contributed by atoms with Crippen LogP contribution in [-0.4, -0.2) is 51.7 Å². The van der Waals surface area contributed by atoms with Gasteiger partial charge in [-0.25, -0.2) is 4.79 Å². The molecule has 1 N–H and O–H groups in total. The van der Waals surface area contributed by atoms with Crippen LogP contribution in [0.15, 0.2) is 18.2 Å². The van der Waals surface area contributed by atoms with Crippen LogP contribution in [0.5, 0.6) is 11.5 Å². The first-order valence-corrected chi connectivity index (χ1v) is 10.7. The van der Waals surface area contributed by atoms with Crippen molar-refractivity contribution in [3.8, 4) is 11.5 Å². The van der Waals surface area contributed by atoms with Gasteiger partial charge in [-0.2, -0.15) is 0 Å². The number of carbonyl (C=O) groups excluding carboxylic acids is 2. The fraction of sp³-hybridized carbons (Fsp3) is 0.455. The lowest BCUT2D eigenvalue weighted by Crippen LogP contribution is -2.30. The van der Waals surface area contributed by atoms with E-state index in [0.717, 1.165) is 36.8 Å². The van der Waals surface area contributed by atoms with E-state index in [4.69, 9.17) is 14.2 Å². The lowest BCUT2D eigenvalue weighted by molar-refractivity contribution is -0.117. The number of aryl methyl sites for hydroxylation is 1. The summed E-state index contributed by atoms with van der Waals surface area (Å²) in [4.78, 5) is 28.1. The third-order valence-electron chi connectivity index (χ3n) is 5.13. The molecule has 8 heteroatoms. The van der Waals surface area contributed by atoms with E-state index in [0.29, 0.717) is 28.6 Å². The molecule has 1 heterocycles. The van der Waals surface area contributed by atoms with Gasteiger partial charge in [0.2, 0.25) is 5.91 Å². The van der Waals surface area contributed by atoms with Crippen molar-refractivity contribution < 1.29 is 23.8 Å². The van der Waals surface area contributed by atoms with Crippen LogP contribution in [0.4, 0.5) is 5.00 Å². The molecule has 0 fully saturated rings. The zero-order valence-corrected chi connectivity index (χ0v) is 18.7. The van der Waals surface area contributed by atoms with E-state index in [1.807, 2.05) is 30.1 Å². The van der Waals surface area contributed by atoms with Gasteiger partial charge in [-0.05, 0) is 56.0 Å². The molecule has 1 aliphatic carbocycles. The number of hydrogen-bond acceptors (Lipinski definition) is 7. The first-order valence-electron chi connectivity index (χ1n) is 9.89. The zero-order valence-electron chi connectivity index (χ0n) is 17.9. The highest BCUT2D eigenvalue weighted by Gasteiger charge is 2.27. The molecule has 1 amide bonds. The largest absolute Gasteiger partial charge is 0.493 e. The molecule has 2 aromatic rings. The van der Waals surface area contributed by atoms with Crippen molar-refractivity contribution in [3.05, 3.63) is 39.8 Å². The highest BCUT2D eigenvalue weighted by molar-refractivity contribution is 7.17. The van der Waals surface area contributed by atoms with E-state index in [1.54, 1.807) is 14.2 Å². The van der Waals surface area contributed by atoms with E-state index >= 15 is 0 Å². The summed E-state index contributed by atoms with van der Waals surface area (Å²) in [5.41, 5.74) is 2.56. The summed E-state index contributed by atoms with van der Waals surface area (Å²) in [6.45, 7) is 0.760. The number of likely N-dealkylation sites (N-methyl/N-ethyl adjacent to an activating group) is 1. The molecule has 0 aliphatic heterocycles. The van der Waals surface area contributed by atoms with Crippen LogP contribution >= 0.6 is 11.3 Å². The molecule has 3 rings (SSSR count). The van der Waals surface area contributed by atoms with Crippen molar-refractivity contribution in [2.45, 2.75) is 32.2 Å². The average Bonchev–Trinajstić information content (AvgIpc) is 3.10. The Kier molecular flexibility index (Phi) is 7.33. The molecule has 0 saturated carbocycles. The quantitative estimate of drug-likeness (QED) is 0.644. The Balaban J connectivity index is 1.67. The molecule has 1 aromatic carbocycles. The fourth-order valence-electron chi connectivity index (χ4n) is 3.73. The normalized spacial score (nSPS) is 13.0. The smallest absolute Gasteiger partial charge is 0.341 e. The summed E-state index contributed by atoms with van der Waals surface area (Å²) in [6.07, 6.45) is 3.95. The topological polar surface area (TPSA) is 77.1 Å². The molecule has 0 spiro atoms. The second-order valence-corrected chi connectivity index (χ2v) is 8.42. The number of nitrogens with zero attached hydrogens (tertiary/aromatic N) is 1. The van der Waals surface area contributed by atoms with Crippen LogP contribution in [0, 0.1) is 0 Å². The van der Waals surface area contributed by atoms with Crippen LogP contribution in [0.3, 0.4) is 0 Å². The van der Waals surface area contributed by atoms with Crippen LogP contribution in [0.25, 0.3) is 0 Å². The molecular formula is C22H28N2O5S.